The van der Waals surface area contributed by atoms with Gasteiger partial charge in [-0.1, -0.05) is 6.07 Å². The molecule has 43 heavy (non-hydrogen) atoms. The normalized spacial score (nSPS) is 17.9. The maximum absolute atomic E-state index is 6.29. The van der Waals surface area contributed by atoms with Crippen molar-refractivity contribution >= 4 is 22.5 Å². The highest BCUT2D eigenvalue weighted by Gasteiger charge is 2.27. The van der Waals surface area contributed by atoms with Gasteiger partial charge in [0.25, 0.3) is 0 Å². The Morgan fingerprint density at radius 3 is 2.42 bits per heavy atom. The van der Waals surface area contributed by atoms with Gasteiger partial charge in [-0.3, -0.25) is 4.90 Å². The first-order valence-electron chi connectivity index (χ1n) is 15.5. The van der Waals surface area contributed by atoms with E-state index in [9.17, 15) is 0 Å². The summed E-state index contributed by atoms with van der Waals surface area (Å²) in [6, 6.07) is 10.4. The van der Waals surface area contributed by atoms with Crippen LogP contribution >= 0.6 is 0 Å². The number of piperidine rings is 1. The van der Waals surface area contributed by atoms with E-state index in [0.29, 0.717) is 35.9 Å². The van der Waals surface area contributed by atoms with Crippen LogP contribution in [0.3, 0.4) is 0 Å². The molecule has 3 aromatic rings. The number of likely N-dealkylation sites (N-methyl/N-ethyl adjacent to an activating group) is 1. The third-order valence-electron chi connectivity index (χ3n) is 8.68. The van der Waals surface area contributed by atoms with Crippen LogP contribution in [0.4, 0.5) is 11.6 Å². The Hall–Kier alpha value is -3.34. The molecule has 2 aromatic carbocycles. The van der Waals surface area contributed by atoms with Gasteiger partial charge in [0, 0.05) is 62.4 Å². The molecule has 1 atom stereocenters. The van der Waals surface area contributed by atoms with Gasteiger partial charge >= 0.3 is 0 Å². The van der Waals surface area contributed by atoms with Crippen LogP contribution in [0.5, 0.6) is 17.2 Å². The lowest BCUT2D eigenvalue weighted by atomic mass is 9.90. The van der Waals surface area contributed by atoms with E-state index in [4.69, 9.17) is 24.2 Å². The molecule has 1 unspecified atom stereocenters. The van der Waals surface area contributed by atoms with Crippen LogP contribution in [0.1, 0.15) is 36.4 Å². The van der Waals surface area contributed by atoms with Crippen LogP contribution in [-0.2, 0) is 6.54 Å². The standard InChI is InChI=1S/C33H49N7O3/c1-38(2)16-17-43-29-9-7-8-28(39(3)4)26(29)22-40-14-11-24(12-15-40)32-25-18-30(41-5)31(42-6)19-27(25)36-33(37-32)35-21-23-10-13-34-20-23/h7-9,18-19,23-24,34H,10-17,20-22H2,1-6H3,(H,35,36,37). The fraction of sp³-hybridized carbons (Fsp3) is 0.576. The Kier molecular flexibility index (Phi) is 10.4. The molecule has 234 valence electrons. The average Bonchev–Trinajstić information content (AvgIpc) is 3.53. The minimum absolute atomic E-state index is 0.327. The van der Waals surface area contributed by atoms with Gasteiger partial charge in [0.1, 0.15) is 12.4 Å². The molecule has 0 saturated carbocycles. The van der Waals surface area contributed by atoms with Gasteiger partial charge in [-0.25, -0.2) is 9.97 Å². The van der Waals surface area contributed by atoms with Gasteiger partial charge in [0.15, 0.2) is 11.5 Å². The molecule has 10 nitrogen and oxygen atoms in total. The first kappa shape index (κ1) is 31.1. The van der Waals surface area contributed by atoms with Crippen molar-refractivity contribution in [1.82, 2.24) is 25.1 Å². The monoisotopic (exact) mass is 591 g/mol. The topological polar surface area (TPSA) is 87.2 Å². The maximum atomic E-state index is 6.29. The number of hydrogen-bond donors (Lipinski definition) is 2. The van der Waals surface area contributed by atoms with Crippen molar-refractivity contribution in [3.05, 3.63) is 41.6 Å². The molecule has 2 saturated heterocycles. The molecular weight excluding hydrogens is 542 g/mol. The van der Waals surface area contributed by atoms with Crippen molar-refractivity contribution in [3.8, 4) is 17.2 Å². The molecule has 2 N–H and O–H groups in total. The summed E-state index contributed by atoms with van der Waals surface area (Å²) in [7, 11) is 11.7. The lowest BCUT2D eigenvalue weighted by Crippen LogP contribution is -2.33. The van der Waals surface area contributed by atoms with E-state index in [1.165, 1.54) is 17.7 Å². The molecule has 0 amide bonds. The number of fused-ring (bicyclic) bond motifs is 1. The Morgan fingerprint density at radius 2 is 1.74 bits per heavy atom. The van der Waals surface area contributed by atoms with Gasteiger partial charge in [0.05, 0.1) is 25.4 Å². The smallest absolute Gasteiger partial charge is 0.223 e. The van der Waals surface area contributed by atoms with E-state index in [-0.39, 0.29) is 0 Å². The lowest BCUT2D eigenvalue weighted by Gasteiger charge is -2.33. The van der Waals surface area contributed by atoms with Crippen molar-refractivity contribution in [2.45, 2.75) is 31.7 Å². The van der Waals surface area contributed by atoms with E-state index in [1.54, 1.807) is 14.2 Å². The number of benzene rings is 2. The van der Waals surface area contributed by atoms with E-state index < -0.39 is 0 Å². The first-order valence-corrected chi connectivity index (χ1v) is 15.5. The Balaban J connectivity index is 1.35. The Bertz CT molecular complexity index is 1350. The minimum atomic E-state index is 0.327. The summed E-state index contributed by atoms with van der Waals surface area (Å²) in [6.07, 6.45) is 3.22. The van der Waals surface area contributed by atoms with Crippen molar-refractivity contribution in [2.24, 2.45) is 5.92 Å². The van der Waals surface area contributed by atoms with Gasteiger partial charge in [0.2, 0.25) is 5.95 Å². The van der Waals surface area contributed by atoms with Crippen LogP contribution in [0.25, 0.3) is 10.9 Å². The summed E-state index contributed by atoms with van der Waals surface area (Å²) in [4.78, 5) is 16.9. The number of nitrogens with zero attached hydrogens (tertiary/aromatic N) is 5. The van der Waals surface area contributed by atoms with Crippen molar-refractivity contribution < 1.29 is 14.2 Å². The predicted molar refractivity (Wildman–Crippen MR) is 174 cm³/mol. The zero-order chi connectivity index (χ0) is 30.3. The molecule has 0 bridgehead atoms. The zero-order valence-electron chi connectivity index (χ0n) is 26.8. The summed E-state index contributed by atoms with van der Waals surface area (Å²) in [5.41, 5.74) is 4.44. The van der Waals surface area contributed by atoms with Crippen molar-refractivity contribution in [1.29, 1.82) is 0 Å². The summed E-state index contributed by atoms with van der Waals surface area (Å²) < 4.78 is 17.6. The predicted octanol–water partition coefficient (Wildman–Crippen LogP) is 4.05. The van der Waals surface area contributed by atoms with Crippen LogP contribution < -0.4 is 29.7 Å². The molecule has 2 aliphatic heterocycles. The molecule has 0 aliphatic carbocycles. The Morgan fingerprint density at radius 1 is 0.977 bits per heavy atom. The van der Waals surface area contributed by atoms with Gasteiger partial charge in [-0.15, -0.1) is 0 Å². The second-order valence-corrected chi connectivity index (χ2v) is 12.2. The second kappa shape index (κ2) is 14.4. The number of hydrogen-bond acceptors (Lipinski definition) is 10. The quantitative estimate of drug-likeness (QED) is 0.304. The lowest BCUT2D eigenvalue weighted by molar-refractivity contribution is 0.198. The van der Waals surface area contributed by atoms with Crippen LogP contribution in [-0.4, -0.2) is 108 Å². The van der Waals surface area contributed by atoms with Crippen LogP contribution in [0.15, 0.2) is 30.3 Å². The van der Waals surface area contributed by atoms with E-state index in [1.807, 2.05) is 12.1 Å². The van der Waals surface area contributed by atoms with Gasteiger partial charge in [-0.05, 0) is 83.7 Å². The van der Waals surface area contributed by atoms with E-state index in [2.05, 4.69) is 71.7 Å². The molecule has 0 spiro atoms. The molecule has 10 heteroatoms. The van der Waals surface area contributed by atoms with E-state index >= 15 is 0 Å². The average molecular weight is 592 g/mol. The number of rotatable bonds is 13. The van der Waals surface area contributed by atoms with Gasteiger partial charge < -0.3 is 34.6 Å². The van der Waals surface area contributed by atoms with E-state index in [0.717, 1.165) is 81.0 Å². The number of aromatic nitrogens is 2. The number of methoxy groups -OCH3 is 2. The molecule has 1 aromatic heterocycles. The fourth-order valence-corrected chi connectivity index (χ4v) is 6.19. The highest BCUT2D eigenvalue weighted by Crippen LogP contribution is 2.39. The van der Waals surface area contributed by atoms with Gasteiger partial charge in [-0.2, -0.15) is 0 Å². The molecular formula is C33H49N7O3. The minimum Gasteiger partial charge on any atom is -0.493 e. The number of likely N-dealkylation sites (tertiary alicyclic amines) is 1. The molecule has 0 radical (unpaired) electrons. The largest absolute Gasteiger partial charge is 0.493 e. The molecule has 3 heterocycles. The first-order chi connectivity index (χ1) is 20.9. The van der Waals surface area contributed by atoms with Crippen molar-refractivity contribution in [3.63, 3.8) is 0 Å². The molecule has 5 rings (SSSR count). The summed E-state index contributed by atoms with van der Waals surface area (Å²) >= 11 is 0. The van der Waals surface area contributed by atoms with Crippen LogP contribution in [0.2, 0.25) is 0 Å². The third-order valence-corrected chi connectivity index (χ3v) is 8.68. The fourth-order valence-electron chi connectivity index (χ4n) is 6.19. The summed E-state index contributed by atoms with van der Waals surface area (Å²) in [6.45, 7) is 7.36. The molecule has 2 aliphatic rings. The Labute approximate surface area is 256 Å². The number of ether oxygens (including phenoxy) is 3. The number of anilines is 2. The maximum Gasteiger partial charge on any atom is 0.223 e. The SMILES string of the molecule is COc1cc2nc(NCC3CCNC3)nc(C3CCN(Cc4c(OCCN(C)C)cccc4N(C)C)CC3)c2cc1OC. The zero-order valence-corrected chi connectivity index (χ0v) is 26.8. The summed E-state index contributed by atoms with van der Waals surface area (Å²) in [5.74, 6) is 3.99. The summed E-state index contributed by atoms with van der Waals surface area (Å²) in [5, 5.41) is 8.04. The second-order valence-electron chi connectivity index (χ2n) is 12.2. The van der Waals surface area contributed by atoms with Crippen LogP contribution in [0, 0.1) is 5.92 Å². The third kappa shape index (κ3) is 7.60. The highest BCUT2D eigenvalue weighted by molar-refractivity contribution is 5.86. The van der Waals surface area contributed by atoms with Crippen molar-refractivity contribution in [2.75, 3.05) is 98.5 Å². The number of nitrogens with one attached hydrogen (secondary N) is 2. The molecule has 2 fully saturated rings. The highest BCUT2D eigenvalue weighted by atomic mass is 16.5.